The van der Waals surface area contributed by atoms with Crippen LogP contribution in [0.15, 0.2) is 48.5 Å². The van der Waals surface area contributed by atoms with Crippen molar-refractivity contribution in [1.82, 2.24) is 0 Å². The van der Waals surface area contributed by atoms with Crippen LogP contribution in [0, 0.1) is 12.7 Å². The van der Waals surface area contributed by atoms with Crippen LogP contribution < -0.4 is 5.32 Å². The fraction of sp³-hybridized carbons (Fsp3) is 0.176. The molecular formula is C17H16FNO3. The molecule has 0 unspecified atom stereocenters. The lowest BCUT2D eigenvalue weighted by Gasteiger charge is -2.14. The van der Waals surface area contributed by atoms with Gasteiger partial charge in [-0.1, -0.05) is 29.8 Å². The third-order valence-corrected chi connectivity index (χ3v) is 3.07. The average Bonchev–Trinajstić information content (AvgIpc) is 2.49. The molecule has 0 saturated carbocycles. The molecule has 2 aromatic rings. The van der Waals surface area contributed by atoms with Crippen molar-refractivity contribution in [3.8, 4) is 0 Å². The predicted molar refractivity (Wildman–Crippen MR) is 81.1 cm³/mol. The Labute approximate surface area is 127 Å². The zero-order valence-electron chi connectivity index (χ0n) is 12.3. The Bertz CT molecular complexity index is 683. The molecular weight excluding hydrogens is 285 g/mol. The average molecular weight is 301 g/mol. The minimum atomic E-state index is -1.03. The van der Waals surface area contributed by atoms with Crippen molar-refractivity contribution in [2.75, 3.05) is 5.32 Å². The molecule has 0 aliphatic carbocycles. The summed E-state index contributed by atoms with van der Waals surface area (Å²) in [5, 5.41) is 2.63. The number of carbonyl (C=O) groups is 2. The molecule has 0 heterocycles. The number of halogens is 1. The Kier molecular flexibility index (Phi) is 4.88. The minimum absolute atomic E-state index is 0.197. The standard InChI is InChI=1S/C17H16FNO3/c1-11-7-9-13(10-8-11)19-16(20)12(2)22-17(21)14-5-3-4-6-15(14)18/h3-10,12H,1-2H3,(H,19,20)/t12-/m0/s1. The first-order chi connectivity index (χ1) is 10.5. The summed E-state index contributed by atoms with van der Waals surface area (Å²) in [6, 6.07) is 12.7. The van der Waals surface area contributed by atoms with Crippen LogP contribution in [0.5, 0.6) is 0 Å². The fourth-order valence-electron chi connectivity index (χ4n) is 1.79. The highest BCUT2D eigenvalue weighted by molar-refractivity contribution is 5.97. The molecule has 0 spiro atoms. The Morgan fingerprint density at radius 3 is 2.36 bits per heavy atom. The smallest absolute Gasteiger partial charge is 0.341 e. The lowest BCUT2D eigenvalue weighted by Crippen LogP contribution is -2.30. The van der Waals surface area contributed by atoms with Gasteiger partial charge in [0.2, 0.25) is 0 Å². The molecule has 2 rings (SSSR count). The van der Waals surface area contributed by atoms with Gasteiger partial charge in [-0.25, -0.2) is 9.18 Å². The molecule has 5 heteroatoms. The number of anilines is 1. The van der Waals surface area contributed by atoms with Gasteiger partial charge < -0.3 is 10.1 Å². The van der Waals surface area contributed by atoms with E-state index in [1.807, 2.05) is 19.1 Å². The predicted octanol–water partition coefficient (Wildman–Crippen LogP) is 3.32. The normalized spacial score (nSPS) is 11.6. The lowest BCUT2D eigenvalue weighted by atomic mass is 10.2. The summed E-state index contributed by atoms with van der Waals surface area (Å²) in [5.41, 5.74) is 1.47. The van der Waals surface area contributed by atoms with Crippen molar-refractivity contribution < 1.29 is 18.7 Å². The number of nitrogens with one attached hydrogen (secondary N) is 1. The van der Waals surface area contributed by atoms with Gasteiger partial charge in [-0.05, 0) is 38.1 Å². The van der Waals surface area contributed by atoms with Gasteiger partial charge in [0.15, 0.2) is 6.10 Å². The fourth-order valence-corrected chi connectivity index (χ4v) is 1.79. The van der Waals surface area contributed by atoms with Gasteiger partial charge in [0, 0.05) is 5.69 Å². The van der Waals surface area contributed by atoms with E-state index < -0.39 is 23.8 Å². The number of hydrogen-bond donors (Lipinski definition) is 1. The number of ether oxygens (including phenoxy) is 1. The molecule has 2 aromatic carbocycles. The highest BCUT2D eigenvalue weighted by Crippen LogP contribution is 2.12. The highest BCUT2D eigenvalue weighted by Gasteiger charge is 2.20. The summed E-state index contributed by atoms with van der Waals surface area (Å²) in [4.78, 5) is 23.8. The minimum Gasteiger partial charge on any atom is -0.449 e. The third-order valence-electron chi connectivity index (χ3n) is 3.07. The van der Waals surface area contributed by atoms with Crippen LogP contribution in [-0.2, 0) is 9.53 Å². The number of rotatable bonds is 4. The van der Waals surface area contributed by atoms with Gasteiger partial charge in [0.25, 0.3) is 5.91 Å². The van der Waals surface area contributed by atoms with Crippen molar-refractivity contribution in [2.24, 2.45) is 0 Å². The van der Waals surface area contributed by atoms with Crippen molar-refractivity contribution >= 4 is 17.6 Å². The van der Waals surface area contributed by atoms with Gasteiger partial charge >= 0.3 is 5.97 Å². The number of aryl methyl sites for hydroxylation is 1. The molecule has 0 aliphatic heterocycles. The first-order valence-electron chi connectivity index (χ1n) is 6.80. The van der Waals surface area contributed by atoms with Crippen molar-refractivity contribution in [1.29, 1.82) is 0 Å². The van der Waals surface area contributed by atoms with Crippen molar-refractivity contribution in [3.63, 3.8) is 0 Å². The highest BCUT2D eigenvalue weighted by atomic mass is 19.1. The van der Waals surface area contributed by atoms with Gasteiger partial charge in [-0.3, -0.25) is 4.79 Å². The molecule has 0 saturated heterocycles. The summed E-state index contributed by atoms with van der Waals surface area (Å²) in [6.07, 6.45) is -1.03. The lowest BCUT2D eigenvalue weighted by molar-refractivity contribution is -0.123. The monoisotopic (exact) mass is 301 g/mol. The van der Waals surface area contributed by atoms with E-state index in [-0.39, 0.29) is 5.56 Å². The van der Waals surface area contributed by atoms with Crippen molar-refractivity contribution in [3.05, 3.63) is 65.5 Å². The van der Waals surface area contributed by atoms with E-state index in [2.05, 4.69) is 5.32 Å². The molecule has 4 nitrogen and oxygen atoms in total. The molecule has 0 aromatic heterocycles. The third kappa shape index (κ3) is 3.91. The van der Waals surface area contributed by atoms with Crippen LogP contribution >= 0.6 is 0 Å². The second kappa shape index (κ2) is 6.85. The van der Waals surface area contributed by atoms with Crippen LogP contribution in [0.2, 0.25) is 0 Å². The molecule has 114 valence electrons. The first-order valence-corrected chi connectivity index (χ1v) is 6.80. The molecule has 0 fully saturated rings. The molecule has 0 bridgehead atoms. The van der Waals surface area contributed by atoms with Gasteiger partial charge in [0.1, 0.15) is 5.82 Å². The van der Waals surface area contributed by atoms with E-state index in [1.54, 1.807) is 12.1 Å². The Hall–Kier alpha value is -2.69. The molecule has 22 heavy (non-hydrogen) atoms. The largest absolute Gasteiger partial charge is 0.449 e. The summed E-state index contributed by atoms with van der Waals surface area (Å²) < 4.78 is 18.5. The molecule has 0 aliphatic rings. The quantitative estimate of drug-likeness (QED) is 0.881. The van der Waals surface area contributed by atoms with Crippen LogP contribution in [-0.4, -0.2) is 18.0 Å². The maximum absolute atomic E-state index is 13.5. The van der Waals surface area contributed by atoms with Gasteiger partial charge in [-0.15, -0.1) is 0 Å². The van der Waals surface area contributed by atoms with Crippen LogP contribution in [0.1, 0.15) is 22.8 Å². The molecule has 1 amide bonds. The van der Waals surface area contributed by atoms with Crippen molar-refractivity contribution in [2.45, 2.75) is 20.0 Å². The van der Waals surface area contributed by atoms with Crippen LogP contribution in [0.3, 0.4) is 0 Å². The van der Waals surface area contributed by atoms with E-state index in [1.165, 1.54) is 25.1 Å². The van der Waals surface area contributed by atoms with E-state index in [4.69, 9.17) is 4.74 Å². The first kappa shape index (κ1) is 15.7. The number of hydrogen-bond acceptors (Lipinski definition) is 3. The number of amides is 1. The SMILES string of the molecule is Cc1ccc(NC(=O)[C@H](C)OC(=O)c2ccccc2F)cc1. The van der Waals surface area contributed by atoms with E-state index in [0.29, 0.717) is 5.69 Å². The van der Waals surface area contributed by atoms with Crippen LogP contribution in [0.4, 0.5) is 10.1 Å². The maximum Gasteiger partial charge on any atom is 0.341 e. The van der Waals surface area contributed by atoms with E-state index in [9.17, 15) is 14.0 Å². The topological polar surface area (TPSA) is 55.4 Å². The zero-order chi connectivity index (χ0) is 16.1. The van der Waals surface area contributed by atoms with E-state index in [0.717, 1.165) is 11.6 Å². The number of benzene rings is 2. The molecule has 0 radical (unpaired) electrons. The maximum atomic E-state index is 13.5. The van der Waals surface area contributed by atoms with Gasteiger partial charge in [-0.2, -0.15) is 0 Å². The zero-order valence-corrected chi connectivity index (χ0v) is 12.3. The summed E-state index contributed by atoms with van der Waals surface area (Å²) in [5.74, 6) is -2.03. The Morgan fingerprint density at radius 1 is 1.09 bits per heavy atom. The number of carbonyl (C=O) groups excluding carboxylic acids is 2. The summed E-state index contributed by atoms with van der Waals surface area (Å²) >= 11 is 0. The summed E-state index contributed by atoms with van der Waals surface area (Å²) in [6.45, 7) is 3.37. The summed E-state index contributed by atoms with van der Waals surface area (Å²) in [7, 11) is 0. The van der Waals surface area contributed by atoms with E-state index >= 15 is 0 Å². The number of esters is 1. The molecule has 1 atom stereocenters. The second-order valence-corrected chi connectivity index (χ2v) is 4.88. The van der Waals surface area contributed by atoms with Crippen LogP contribution in [0.25, 0.3) is 0 Å². The van der Waals surface area contributed by atoms with Gasteiger partial charge in [0.05, 0.1) is 5.56 Å². The Morgan fingerprint density at radius 2 is 1.73 bits per heavy atom. The second-order valence-electron chi connectivity index (χ2n) is 4.88. The molecule has 1 N–H and O–H groups in total. The Balaban J connectivity index is 1.98.